The Hall–Kier alpha value is -1.42. The van der Waals surface area contributed by atoms with Crippen LogP contribution in [0.25, 0.3) is 10.9 Å². The van der Waals surface area contributed by atoms with Gasteiger partial charge in [0.1, 0.15) is 0 Å². The molecule has 0 bridgehead atoms. The van der Waals surface area contributed by atoms with Gasteiger partial charge < -0.3 is 9.30 Å². The van der Waals surface area contributed by atoms with E-state index in [4.69, 9.17) is 4.74 Å². The molecule has 1 aliphatic rings. The highest BCUT2D eigenvalue weighted by atomic mass is 32.2. The number of fused-ring (bicyclic) bond motifs is 1. The van der Waals surface area contributed by atoms with E-state index >= 15 is 0 Å². The number of nitrogens with zero attached hydrogens (tertiary/aromatic N) is 1. The third-order valence-electron chi connectivity index (χ3n) is 4.99. The van der Waals surface area contributed by atoms with Crippen LogP contribution in [0.5, 0.6) is 0 Å². The van der Waals surface area contributed by atoms with Gasteiger partial charge in [0, 0.05) is 22.6 Å². The Balaban J connectivity index is 2.09. The summed E-state index contributed by atoms with van der Waals surface area (Å²) in [6, 6.07) is 8.62. The van der Waals surface area contributed by atoms with Crippen LogP contribution in [0.3, 0.4) is 0 Å². The van der Waals surface area contributed by atoms with Crippen LogP contribution in [-0.4, -0.2) is 28.6 Å². The minimum Gasteiger partial charge on any atom is -0.462 e. The van der Waals surface area contributed by atoms with Crippen molar-refractivity contribution in [3.63, 3.8) is 0 Å². The molecule has 2 heterocycles. The summed E-state index contributed by atoms with van der Waals surface area (Å²) in [6.45, 7) is 6.62. The molecule has 0 N–H and O–H groups in total. The van der Waals surface area contributed by atoms with Gasteiger partial charge in [-0.3, -0.25) is 0 Å². The van der Waals surface area contributed by atoms with Gasteiger partial charge in [0.25, 0.3) is 0 Å². The van der Waals surface area contributed by atoms with E-state index < -0.39 is 0 Å². The predicted molar refractivity (Wildman–Crippen MR) is 97.4 cm³/mol. The summed E-state index contributed by atoms with van der Waals surface area (Å²) in [4.78, 5) is 12.5. The summed E-state index contributed by atoms with van der Waals surface area (Å²) in [5.74, 6) is 2.97. The van der Waals surface area contributed by atoms with Crippen LogP contribution in [0.4, 0.5) is 0 Å². The number of esters is 1. The third-order valence-corrected chi connectivity index (χ3v) is 6.04. The first-order chi connectivity index (χ1) is 11.1. The van der Waals surface area contributed by atoms with Gasteiger partial charge in [-0.15, -0.1) is 0 Å². The normalized spacial score (nSPS) is 17.3. The fourth-order valence-corrected chi connectivity index (χ4v) is 4.93. The second-order valence-corrected chi connectivity index (χ2v) is 7.48. The molecular weight excluding hydrogens is 306 g/mol. The lowest BCUT2D eigenvalue weighted by molar-refractivity contribution is 0.0527. The standard InChI is InChI=1S/C19H25NO2S/c1-4-22-19(21)18-14(3)20(17-8-6-5-7-16(17)18)13(2)15-9-11-23-12-10-15/h5-8,13,15H,4,9-12H2,1-3H3. The number of para-hydroxylation sites is 1. The molecule has 1 aromatic heterocycles. The third kappa shape index (κ3) is 3.01. The number of benzene rings is 1. The van der Waals surface area contributed by atoms with Gasteiger partial charge >= 0.3 is 5.97 Å². The highest BCUT2D eigenvalue weighted by Gasteiger charge is 2.27. The average molecular weight is 331 g/mol. The van der Waals surface area contributed by atoms with Crippen molar-refractivity contribution in [1.82, 2.24) is 4.57 Å². The Morgan fingerprint density at radius 2 is 2.04 bits per heavy atom. The molecule has 1 unspecified atom stereocenters. The van der Waals surface area contributed by atoms with Crippen molar-refractivity contribution in [3.05, 3.63) is 35.5 Å². The topological polar surface area (TPSA) is 31.2 Å². The van der Waals surface area contributed by atoms with Gasteiger partial charge in [-0.1, -0.05) is 18.2 Å². The zero-order chi connectivity index (χ0) is 16.4. The Bertz CT molecular complexity index is 701. The van der Waals surface area contributed by atoms with Crippen LogP contribution in [-0.2, 0) is 4.74 Å². The van der Waals surface area contributed by atoms with E-state index in [1.54, 1.807) is 0 Å². The molecule has 0 amide bonds. The van der Waals surface area contributed by atoms with E-state index in [9.17, 15) is 4.79 Å². The van der Waals surface area contributed by atoms with E-state index in [2.05, 4.69) is 42.3 Å². The van der Waals surface area contributed by atoms with E-state index in [0.717, 1.165) is 22.2 Å². The SMILES string of the molecule is CCOC(=O)c1c(C)n(C(C)C2CCSCC2)c2ccccc12. The van der Waals surface area contributed by atoms with Crippen LogP contribution in [0.2, 0.25) is 0 Å². The summed E-state index contributed by atoms with van der Waals surface area (Å²) in [5, 5.41) is 1.01. The fourth-order valence-electron chi connectivity index (χ4n) is 3.79. The molecule has 1 atom stereocenters. The number of carbonyl (C=O) groups excluding carboxylic acids is 1. The molecule has 2 aromatic rings. The molecule has 0 saturated carbocycles. The monoisotopic (exact) mass is 331 g/mol. The average Bonchev–Trinajstić information content (AvgIpc) is 2.87. The molecule has 0 radical (unpaired) electrons. The summed E-state index contributed by atoms with van der Waals surface area (Å²) in [6.07, 6.45) is 2.51. The largest absolute Gasteiger partial charge is 0.462 e. The van der Waals surface area contributed by atoms with Gasteiger partial charge in [-0.2, -0.15) is 11.8 Å². The second-order valence-electron chi connectivity index (χ2n) is 6.26. The van der Waals surface area contributed by atoms with Crippen molar-refractivity contribution in [2.45, 2.75) is 39.7 Å². The molecule has 0 aliphatic carbocycles. The molecular formula is C19H25NO2S. The second kappa shape index (κ2) is 7.00. The van der Waals surface area contributed by atoms with Gasteiger partial charge in [0.15, 0.2) is 0 Å². The summed E-state index contributed by atoms with van der Waals surface area (Å²) in [5.41, 5.74) is 2.92. The number of aromatic nitrogens is 1. The number of ether oxygens (including phenoxy) is 1. The molecule has 3 nitrogen and oxygen atoms in total. The number of rotatable bonds is 4. The van der Waals surface area contributed by atoms with Crippen LogP contribution in [0.15, 0.2) is 24.3 Å². The quantitative estimate of drug-likeness (QED) is 0.752. The van der Waals surface area contributed by atoms with E-state index in [1.165, 1.54) is 24.3 Å². The van der Waals surface area contributed by atoms with Crippen LogP contribution < -0.4 is 0 Å². The summed E-state index contributed by atoms with van der Waals surface area (Å²) in [7, 11) is 0. The lowest BCUT2D eigenvalue weighted by Gasteiger charge is -2.30. The summed E-state index contributed by atoms with van der Waals surface area (Å²) < 4.78 is 7.66. The molecule has 124 valence electrons. The molecule has 4 heteroatoms. The van der Waals surface area contributed by atoms with Crippen molar-refractivity contribution in [1.29, 1.82) is 0 Å². The number of carbonyl (C=O) groups is 1. The first-order valence-corrected chi connectivity index (χ1v) is 9.65. The van der Waals surface area contributed by atoms with Gasteiger partial charge in [-0.05, 0) is 57.1 Å². The van der Waals surface area contributed by atoms with Gasteiger partial charge in [0.2, 0.25) is 0 Å². The Morgan fingerprint density at radius 3 is 2.74 bits per heavy atom. The van der Waals surface area contributed by atoms with Crippen molar-refractivity contribution in [3.8, 4) is 0 Å². The number of thioether (sulfide) groups is 1. The maximum absolute atomic E-state index is 12.5. The van der Waals surface area contributed by atoms with E-state index in [1.807, 2.05) is 19.1 Å². The van der Waals surface area contributed by atoms with Crippen LogP contribution >= 0.6 is 11.8 Å². The lowest BCUT2D eigenvalue weighted by Crippen LogP contribution is -2.22. The summed E-state index contributed by atoms with van der Waals surface area (Å²) >= 11 is 2.05. The van der Waals surface area contributed by atoms with Crippen molar-refractivity contribution in [2.24, 2.45) is 5.92 Å². The Kier molecular flexibility index (Phi) is 5.00. The Labute approximate surface area is 142 Å². The zero-order valence-electron chi connectivity index (χ0n) is 14.2. The van der Waals surface area contributed by atoms with Gasteiger partial charge in [0.05, 0.1) is 12.2 Å². The first-order valence-electron chi connectivity index (χ1n) is 8.49. The zero-order valence-corrected chi connectivity index (χ0v) is 15.0. The molecule has 3 rings (SSSR count). The van der Waals surface area contributed by atoms with Crippen LogP contribution in [0, 0.1) is 12.8 Å². The van der Waals surface area contributed by atoms with E-state index in [0.29, 0.717) is 18.6 Å². The predicted octanol–water partition coefficient (Wildman–Crippen LogP) is 4.83. The minimum atomic E-state index is -0.202. The smallest absolute Gasteiger partial charge is 0.340 e. The molecule has 1 saturated heterocycles. The fraction of sp³-hybridized carbons (Fsp3) is 0.526. The Morgan fingerprint density at radius 1 is 1.35 bits per heavy atom. The molecule has 1 aromatic carbocycles. The van der Waals surface area contributed by atoms with Crippen LogP contribution in [0.1, 0.15) is 48.8 Å². The molecule has 1 fully saturated rings. The van der Waals surface area contributed by atoms with Crippen molar-refractivity contribution < 1.29 is 9.53 Å². The highest BCUT2D eigenvalue weighted by molar-refractivity contribution is 7.99. The van der Waals surface area contributed by atoms with Gasteiger partial charge in [-0.25, -0.2) is 4.79 Å². The highest BCUT2D eigenvalue weighted by Crippen LogP contribution is 2.37. The number of hydrogen-bond donors (Lipinski definition) is 0. The maximum Gasteiger partial charge on any atom is 0.340 e. The maximum atomic E-state index is 12.5. The molecule has 1 aliphatic heterocycles. The minimum absolute atomic E-state index is 0.202. The molecule has 0 spiro atoms. The molecule has 23 heavy (non-hydrogen) atoms. The number of hydrogen-bond acceptors (Lipinski definition) is 3. The lowest BCUT2D eigenvalue weighted by atomic mass is 9.94. The van der Waals surface area contributed by atoms with Crippen molar-refractivity contribution in [2.75, 3.05) is 18.1 Å². The van der Waals surface area contributed by atoms with Crippen molar-refractivity contribution >= 4 is 28.6 Å². The first kappa shape index (κ1) is 16.4. The van der Waals surface area contributed by atoms with E-state index in [-0.39, 0.29) is 5.97 Å².